The van der Waals surface area contributed by atoms with E-state index in [1.54, 1.807) is 12.1 Å². The zero-order valence-electron chi connectivity index (χ0n) is 17.7. The van der Waals surface area contributed by atoms with Crippen molar-refractivity contribution in [2.24, 2.45) is 0 Å². The van der Waals surface area contributed by atoms with Crippen LogP contribution in [-0.4, -0.2) is 12.6 Å². The second-order valence-corrected chi connectivity index (χ2v) is 8.19. The van der Waals surface area contributed by atoms with Crippen LogP contribution in [-0.2, 0) is 4.79 Å². The fourth-order valence-corrected chi connectivity index (χ4v) is 3.70. The number of halogens is 2. The van der Waals surface area contributed by atoms with Crippen molar-refractivity contribution in [3.05, 3.63) is 92.3 Å². The largest absolute Gasteiger partial charge is 0.480 e. The van der Waals surface area contributed by atoms with Gasteiger partial charge in [0.15, 0.2) is 6.61 Å². The molecular formula is C25H18Cl2O6. The molecule has 0 aliphatic heterocycles. The van der Waals surface area contributed by atoms with Gasteiger partial charge in [0.2, 0.25) is 11.2 Å². The van der Waals surface area contributed by atoms with Gasteiger partial charge in [-0.25, -0.2) is 4.79 Å². The van der Waals surface area contributed by atoms with Crippen LogP contribution in [0, 0.1) is 13.8 Å². The third-order valence-corrected chi connectivity index (χ3v) is 5.14. The molecular weight excluding hydrogens is 467 g/mol. The predicted octanol–water partition coefficient (Wildman–Crippen LogP) is 6.49. The SMILES string of the molecule is Cc1cc(C)cc(Oc2coc3cc(OC(=O)COc4ccc(Cl)cc4Cl)ccc3c2=O)c1. The van der Waals surface area contributed by atoms with E-state index in [1.807, 2.05) is 32.0 Å². The molecule has 0 radical (unpaired) electrons. The lowest BCUT2D eigenvalue weighted by Gasteiger charge is -2.09. The summed E-state index contributed by atoms with van der Waals surface area (Å²) in [5.41, 5.74) is 1.95. The first-order valence-corrected chi connectivity index (χ1v) is 10.6. The lowest BCUT2D eigenvalue weighted by Crippen LogP contribution is -2.17. The van der Waals surface area contributed by atoms with Crippen LogP contribution in [0.25, 0.3) is 11.0 Å². The van der Waals surface area contributed by atoms with Crippen molar-refractivity contribution in [2.75, 3.05) is 6.61 Å². The number of fused-ring (bicyclic) bond motifs is 1. The van der Waals surface area contributed by atoms with E-state index in [1.165, 1.54) is 30.5 Å². The van der Waals surface area contributed by atoms with Gasteiger partial charge in [-0.3, -0.25) is 4.79 Å². The zero-order valence-corrected chi connectivity index (χ0v) is 19.2. The molecule has 0 unspecified atom stereocenters. The Bertz CT molecular complexity index is 1390. The van der Waals surface area contributed by atoms with Crippen LogP contribution in [0.1, 0.15) is 11.1 Å². The predicted molar refractivity (Wildman–Crippen MR) is 126 cm³/mol. The van der Waals surface area contributed by atoms with Crippen molar-refractivity contribution in [1.29, 1.82) is 0 Å². The number of ether oxygens (including phenoxy) is 3. The second-order valence-electron chi connectivity index (χ2n) is 7.35. The number of benzene rings is 3. The average Bonchev–Trinajstić information content (AvgIpc) is 2.74. The second kappa shape index (κ2) is 9.57. The van der Waals surface area contributed by atoms with Crippen LogP contribution in [0.3, 0.4) is 0 Å². The molecule has 0 fully saturated rings. The molecule has 168 valence electrons. The summed E-state index contributed by atoms with van der Waals surface area (Å²) in [6.07, 6.45) is 1.24. The topological polar surface area (TPSA) is 75.0 Å². The van der Waals surface area contributed by atoms with Gasteiger partial charge >= 0.3 is 5.97 Å². The summed E-state index contributed by atoms with van der Waals surface area (Å²) in [4.78, 5) is 25.0. The standard InChI is InChI=1S/C25H18Cl2O6/c1-14-7-15(2)9-18(8-14)32-23-12-30-22-11-17(4-5-19(22)25(23)29)33-24(28)13-31-21-6-3-16(26)10-20(21)27/h3-12H,13H2,1-2H3. The van der Waals surface area contributed by atoms with E-state index in [4.69, 9.17) is 41.8 Å². The minimum Gasteiger partial charge on any atom is -0.480 e. The average molecular weight is 485 g/mol. The Morgan fingerprint density at radius 3 is 2.39 bits per heavy atom. The highest BCUT2D eigenvalue weighted by atomic mass is 35.5. The van der Waals surface area contributed by atoms with Crippen LogP contribution in [0.4, 0.5) is 0 Å². The van der Waals surface area contributed by atoms with E-state index in [2.05, 4.69) is 0 Å². The molecule has 4 aromatic rings. The smallest absolute Gasteiger partial charge is 0.349 e. The number of carbonyl (C=O) groups is 1. The highest BCUT2D eigenvalue weighted by Gasteiger charge is 2.13. The van der Waals surface area contributed by atoms with Crippen LogP contribution < -0.4 is 19.6 Å². The Morgan fingerprint density at radius 2 is 1.67 bits per heavy atom. The first-order chi connectivity index (χ1) is 15.8. The summed E-state index contributed by atoms with van der Waals surface area (Å²) in [5, 5.41) is 1.03. The van der Waals surface area contributed by atoms with Crippen molar-refractivity contribution >= 4 is 40.1 Å². The fourth-order valence-electron chi connectivity index (χ4n) is 3.23. The first kappa shape index (κ1) is 22.7. The van der Waals surface area contributed by atoms with Crippen molar-refractivity contribution < 1.29 is 23.4 Å². The minimum atomic E-state index is -0.655. The number of rotatable bonds is 6. The van der Waals surface area contributed by atoms with Gasteiger partial charge in [-0.15, -0.1) is 0 Å². The number of hydrogen-bond donors (Lipinski definition) is 0. The van der Waals surface area contributed by atoms with Crippen LogP contribution >= 0.6 is 23.2 Å². The van der Waals surface area contributed by atoms with E-state index < -0.39 is 5.97 Å². The van der Waals surface area contributed by atoms with E-state index >= 15 is 0 Å². The maximum atomic E-state index is 12.8. The van der Waals surface area contributed by atoms with E-state index in [0.717, 1.165) is 11.1 Å². The number of hydrogen-bond acceptors (Lipinski definition) is 6. The molecule has 1 aromatic heterocycles. The Morgan fingerprint density at radius 1 is 0.909 bits per heavy atom. The summed E-state index contributed by atoms with van der Waals surface area (Å²) >= 11 is 11.9. The molecule has 0 spiro atoms. The summed E-state index contributed by atoms with van der Waals surface area (Å²) < 4.78 is 21.9. The minimum absolute atomic E-state index is 0.0606. The van der Waals surface area contributed by atoms with Crippen LogP contribution in [0.2, 0.25) is 10.0 Å². The van der Waals surface area contributed by atoms with Gasteiger partial charge in [-0.1, -0.05) is 29.3 Å². The summed E-state index contributed by atoms with van der Waals surface area (Å²) in [7, 11) is 0. The number of aryl methyl sites for hydroxylation is 2. The summed E-state index contributed by atoms with van der Waals surface area (Å²) in [5.74, 6) is 0.455. The first-order valence-electron chi connectivity index (χ1n) is 9.89. The maximum absolute atomic E-state index is 12.8. The molecule has 3 aromatic carbocycles. The van der Waals surface area contributed by atoms with Gasteiger partial charge in [-0.2, -0.15) is 0 Å². The molecule has 0 aliphatic rings. The van der Waals surface area contributed by atoms with Gasteiger partial charge < -0.3 is 18.6 Å². The van der Waals surface area contributed by atoms with Crippen molar-refractivity contribution in [2.45, 2.75) is 13.8 Å². The fraction of sp³-hybridized carbons (Fsp3) is 0.120. The Hall–Kier alpha value is -3.48. The van der Waals surface area contributed by atoms with Gasteiger partial charge in [-0.05, 0) is 67.4 Å². The van der Waals surface area contributed by atoms with Gasteiger partial charge in [0.25, 0.3) is 0 Å². The van der Waals surface area contributed by atoms with Crippen LogP contribution in [0.5, 0.6) is 23.0 Å². The molecule has 0 saturated heterocycles. The van der Waals surface area contributed by atoms with Gasteiger partial charge in [0, 0.05) is 11.1 Å². The molecule has 4 rings (SSSR count). The number of esters is 1. The van der Waals surface area contributed by atoms with Gasteiger partial charge in [0.1, 0.15) is 29.1 Å². The van der Waals surface area contributed by atoms with Crippen molar-refractivity contribution in [1.82, 2.24) is 0 Å². The quantitative estimate of drug-likeness (QED) is 0.230. The molecule has 0 saturated carbocycles. The monoisotopic (exact) mass is 484 g/mol. The highest BCUT2D eigenvalue weighted by molar-refractivity contribution is 6.35. The van der Waals surface area contributed by atoms with Crippen molar-refractivity contribution in [3.63, 3.8) is 0 Å². The summed E-state index contributed by atoms with van der Waals surface area (Å²) in [6, 6.07) is 14.8. The highest BCUT2D eigenvalue weighted by Crippen LogP contribution is 2.28. The zero-order chi connectivity index (χ0) is 23.5. The Balaban J connectivity index is 1.47. The molecule has 0 amide bonds. The molecule has 8 heteroatoms. The van der Waals surface area contributed by atoms with E-state index in [9.17, 15) is 9.59 Å². The molecule has 0 N–H and O–H groups in total. The molecule has 6 nitrogen and oxygen atoms in total. The molecule has 1 heterocycles. The molecule has 0 atom stereocenters. The molecule has 33 heavy (non-hydrogen) atoms. The van der Waals surface area contributed by atoms with Crippen LogP contribution in [0.15, 0.2) is 70.1 Å². The number of carbonyl (C=O) groups excluding carboxylic acids is 1. The Kier molecular flexibility index (Phi) is 6.58. The normalized spacial score (nSPS) is 10.8. The van der Waals surface area contributed by atoms with E-state index in [0.29, 0.717) is 21.9 Å². The molecule has 0 bridgehead atoms. The lowest BCUT2D eigenvalue weighted by atomic mass is 10.1. The lowest BCUT2D eigenvalue weighted by molar-refractivity contribution is -0.136. The van der Waals surface area contributed by atoms with E-state index in [-0.39, 0.29) is 34.1 Å². The molecule has 0 aliphatic carbocycles. The third-order valence-electron chi connectivity index (χ3n) is 4.61. The Labute approximate surface area is 199 Å². The summed E-state index contributed by atoms with van der Waals surface area (Å²) in [6.45, 7) is 3.52. The maximum Gasteiger partial charge on any atom is 0.349 e. The van der Waals surface area contributed by atoms with Gasteiger partial charge in [0.05, 0.1) is 10.4 Å². The van der Waals surface area contributed by atoms with Crippen molar-refractivity contribution in [3.8, 4) is 23.0 Å². The third kappa shape index (κ3) is 5.48.